The Labute approximate surface area is 118 Å². The Bertz CT molecular complexity index is 709. The van der Waals surface area contributed by atoms with Crippen LogP contribution in [-0.4, -0.2) is 6.54 Å². The summed E-state index contributed by atoms with van der Waals surface area (Å²) in [7, 11) is 0. The van der Waals surface area contributed by atoms with Gasteiger partial charge in [-0.2, -0.15) is 0 Å². The van der Waals surface area contributed by atoms with Gasteiger partial charge in [0.25, 0.3) is 0 Å². The van der Waals surface area contributed by atoms with Gasteiger partial charge in [-0.05, 0) is 44.2 Å². The van der Waals surface area contributed by atoms with Crippen molar-refractivity contribution in [3.8, 4) is 11.3 Å². The third-order valence-corrected chi connectivity index (χ3v) is 3.40. The number of rotatable bonds is 5. The molecule has 20 heavy (non-hydrogen) atoms. The lowest BCUT2D eigenvalue weighted by Gasteiger charge is -2.01. The molecule has 104 valence electrons. The van der Waals surface area contributed by atoms with Gasteiger partial charge in [-0.25, -0.2) is 0 Å². The molecule has 3 nitrogen and oxygen atoms in total. The topological polar surface area (TPSA) is 38.3 Å². The summed E-state index contributed by atoms with van der Waals surface area (Å²) in [6, 6.07) is 10.3. The molecule has 0 aliphatic carbocycles. The SMILES string of the molecule is CCCNCc1occc1-c1cc2cc(C)ccc2o1. The van der Waals surface area contributed by atoms with Gasteiger partial charge in [-0.3, -0.25) is 0 Å². The summed E-state index contributed by atoms with van der Waals surface area (Å²) in [5.41, 5.74) is 3.18. The minimum absolute atomic E-state index is 0.728. The number of fused-ring (bicyclic) bond motifs is 1. The number of hydrogen-bond acceptors (Lipinski definition) is 3. The van der Waals surface area contributed by atoms with Crippen molar-refractivity contribution in [2.24, 2.45) is 0 Å². The molecule has 1 aromatic carbocycles. The van der Waals surface area contributed by atoms with Gasteiger partial charge >= 0.3 is 0 Å². The second-order valence-corrected chi connectivity index (χ2v) is 5.09. The molecule has 1 N–H and O–H groups in total. The smallest absolute Gasteiger partial charge is 0.138 e. The van der Waals surface area contributed by atoms with E-state index in [2.05, 4.69) is 37.4 Å². The van der Waals surface area contributed by atoms with Crippen molar-refractivity contribution in [2.45, 2.75) is 26.8 Å². The minimum atomic E-state index is 0.728. The van der Waals surface area contributed by atoms with Gasteiger partial charge < -0.3 is 14.2 Å². The van der Waals surface area contributed by atoms with Crippen LogP contribution in [0, 0.1) is 6.92 Å². The molecule has 2 heterocycles. The maximum absolute atomic E-state index is 5.93. The number of hydrogen-bond donors (Lipinski definition) is 1. The molecular formula is C17H19NO2. The van der Waals surface area contributed by atoms with Gasteiger partial charge in [0, 0.05) is 5.39 Å². The summed E-state index contributed by atoms with van der Waals surface area (Å²) in [6.07, 6.45) is 2.83. The first-order chi connectivity index (χ1) is 9.78. The molecule has 0 aliphatic rings. The largest absolute Gasteiger partial charge is 0.467 e. The van der Waals surface area contributed by atoms with Gasteiger partial charge in [0.2, 0.25) is 0 Å². The zero-order chi connectivity index (χ0) is 13.9. The first kappa shape index (κ1) is 13.0. The van der Waals surface area contributed by atoms with Crippen molar-refractivity contribution in [1.82, 2.24) is 5.32 Å². The maximum atomic E-state index is 5.93. The summed E-state index contributed by atoms with van der Waals surface area (Å²) in [5, 5.41) is 4.49. The zero-order valence-electron chi connectivity index (χ0n) is 11.9. The molecule has 0 aliphatic heterocycles. The number of benzene rings is 1. The fourth-order valence-corrected chi connectivity index (χ4v) is 2.37. The van der Waals surface area contributed by atoms with Crippen LogP contribution >= 0.6 is 0 Å². The van der Waals surface area contributed by atoms with Gasteiger partial charge in [0.15, 0.2) is 0 Å². The standard InChI is InChI=1S/C17H19NO2/c1-3-7-18-11-17-14(6-8-19-17)16-10-13-9-12(2)4-5-15(13)20-16/h4-6,8-10,18H,3,7,11H2,1-2H3. The minimum Gasteiger partial charge on any atom is -0.467 e. The van der Waals surface area contributed by atoms with E-state index < -0.39 is 0 Å². The molecule has 2 aromatic heterocycles. The van der Waals surface area contributed by atoms with E-state index in [1.54, 1.807) is 6.26 Å². The predicted molar refractivity (Wildman–Crippen MR) is 80.7 cm³/mol. The van der Waals surface area contributed by atoms with Gasteiger partial charge in [-0.15, -0.1) is 0 Å². The molecule has 0 spiro atoms. The van der Waals surface area contributed by atoms with Crippen LogP contribution in [0.25, 0.3) is 22.3 Å². The van der Waals surface area contributed by atoms with E-state index in [4.69, 9.17) is 8.83 Å². The van der Waals surface area contributed by atoms with E-state index in [9.17, 15) is 0 Å². The molecule has 3 aromatic rings. The first-order valence-corrected chi connectivity index (χ1v) is 7.05. The predicted octanol–water partition coefficient (Wildman–Crippen LogP) is 4.50. The van der Waals surface area contributed by atoms with Crippen molar-refractivity contribution in [3.63, 3.8) is 0 Å². The Balaban J connectivity index is 1.92. The van der Waals surface area contributed by atoms with Crippen molar-refractivity contribution < 1.29 is 8.83 Å². The second kappa shape index (κ2) is 5.55. The lowest BCUT2D eigenvalue weighted by molar-refractivity contribution is 0.482. The quantitative estimate of drug-likeness (QED) is 0.693. The van der Waals surface area contributed by atoms with Crippen LogP contribution in [-0.2, 0) is 6.54 Å². The Hall–Kier alpha value is -2.00. The summed E-state index contributed by atoms with van der Waals surface area (Å²) in [4.78, 5) is 0. The number of nitrogens with one attached hydrogen (secondary N) is 1. The Morgan fingerprint density at radius 2 is 2.05 bits per heavy atom. The van der Waals surface area contributed by atoms with Crippen LogP contribution in [0.2, 0.25) is 0 Å². The zero-order valence-corrected chi connectivity index (χ0v) is 11.9. The van der Waals surface area contributed by atoms with Crippen molar-refractivity contribution in [1.29, 1.82) is 0 Å². The van der Waals surface area contributed by atoms with Gasteiger partial charge in [0.1, 0.15) is 17.1 Å². The van der Waals surface area contributed by atoms with E-state index >= 15 is 0 Å². The maximum Gasteiger partial charge on any atom is 0.138 e. The Morgan fingerprint density at radius 3 is 2.90 bits per heavy atom. The van der Waals surface area contributed by atoms with Crippen LogP contribution < -0.4 is 5.32 Å². The highest BCUT2D eigenvalue weighted by Gasteiger charge is 2.13. The van der Waals surface area contributed by atoms with E-state index in [0.29, 0.717) is 0 Å². The number of furan rings is 2. The summed E-state index contributed by atoms with van der Waals surface area (Å²) >= 11 is 0. The molecule has 0 atom stereocenters. The Kier molecular flexibility index (Phi) is 3.61. The van der Waals surface area contributed by atoms with Crippen LogP contribution in [0.4, 0.5) is 0 Å². The van der Waals surface area contributed by atoms with E-state index in [-0.39, 0.29) is 0 Å². The third kappa shape index (κ3) is 2.49. The van der Waals surface area contributed by atoms with Crippen LogP contribution in [0.3, 0.4) is 0 Å². The fraction of sp³-hybridized carbons (Fsp3) is 0.294. The molecule has 0 bridgehead atoms. The van der Waals surface area contributed by atoms with Crippen molar-refractivity contribution >= 4 is 11.0 Å². The van der Waals surface area contributed by atoms with E-state index in [0.717, 1.165) is 47.6 Å². The van der Waals surface area contributed by atoms with Crippen LogP contribution in [0.15, 0.2) is 45.4 Å². The third-order valence-electron chi connectivity index (χ3n) is 3.40. The van der Waals surface area contributed by atoms with Crippen molar-refractivity contribution in [3.05, 3.63) is 47.9 Å². The van der Waals surface area contributed by atoms with Crippen molar-refractivity contribution in [2.75, 3.05) is 6.54 Å². The highest BCUT2D eigenvalue weighted by atomic mass is 16.3. The number of aryl methyl sites for hydroxylation is 1. The molecule has 0 unspecified atom stereocenters. The monoisotopic (exact) mass is 269 g/mol. The first-order valence-electron chi connectivity index (χ1n) is 7.05. The summed E-state index contributed by atoms with van der Waals surface area (Å²) < 4.78 is 11.5. The van der Waals surface area contributed by atoms with Crippen LogP contribution in [0.1, 0.15) is 24.7 Å². The second-order valence-electron chi connectivity index (χ2n) is 5.09. The average molecular weight is 269 g/mol. The molecule has 3 rings (SSSR count). The van der Waals surface area contributed by atoms with Gasteiger partial charge in [0.05, 0.1) is 18.4 Å². The average Bonchev–Trinajstić information content (AvgIpc) is 3.04. The summed E-state index contributed by atoms with van der Waals surface area (Å²) in [5.74, 6) is 1.79. The lowest BCUT2D eigenvalue weighted by atomic mass is 10.1. The molecular weight excluding hydrogens is 250 g/mol. The summed E-state index contributed by atoms with van der Waals surface area (Å²) in [6.45, 7) is 5.95. The molecule has 3 heteroatoms. The highest BCUT2D eigenvalue weighted by molar-refractivity contribution is 5.83. The normalized spacial score (nSPS) is 11.3. The van der Waals surface area contributed by atoms with E-state index in [1.807, 2.05) is 12.1 Å². The van der Waals surface area contributed by atoms with Crippen LogP contribution in [0.5, 0.6) is 0 Å². The van der Waals surface area contributed by atoms with E-state index in [1.165, 1.54) is 5.56 Å². The highest BCUT2D eigenvalue weighted by Crippen LogP contribution is 2.31. The molecule has 0 saturated carbocycles. The fourth-order valence-electron chi connectivity index (χ4n) is 2.37. The van der Waals surface area contributed by atoms with Gasteiger partial charge in [-0.1, -0.05) is 18.6 Å². The molecule has 0 saturated heterocycles. The lowest BCUT2D eigenvalue weighted by Crippen LogP contribution is -2.13. The Morgan fingerprint density at radius 1 is 1.15 bits per heavy atom. The molecule has 0 fully saturated rings. The molecule has 0 amide bonds. The molecule has 0 radical (unpaired) electrons.